The van der Waals surface area contributed by atoms with Crippen LogP contribution in [0.3, 0.4) is 0 Å². The van der Waals surface area contributed by atoms with Crippen LogP contribution in [0.25, 0.3) is 0 Å². The van der Waals surface area contributed by atoms with Gasteiger partial charge in [0.2, 0.25) is 0 Å². The molecule has 0 unspecified atom stereocenters. The van der Waals surface area contributed by atoms with Crippen molar-refractivity contribution in [2.75, 3.05) is 13.1 Å². The summed E-state index contributed by atoms with van der Waals surface area (Å²) in [6.07, 6.45) is 0. The third-order valence-corrected chi connectivity index (χ3v) is 4.42. The number of aliphatic carboxylic acids is 1. The predicted octanol–water partition coefficient (Wildman–Crippen LogP) is 3.78. The van der Waals surface area contributed by atoms with Crippen LogP contribution in [-0.2, 0) is 4.79 Å². The minimum absolute atomic E-state index is 0.158. The lowest BCUT2D eigenvalue weighted by atomic mass is 10.1. The quantitative estimate of drug-likeness (QED) is 0.572. The molecule has 1 rings (SSSR count). The van der Waals surface area contributed by atoms with Crippen LogP contribution in [0.15, 0.2) is 12.1 Å². The SMILES string of the molecule is CC(C)CN(CC(=O)O)C(=O)c1cc(Cl)cc(Cl)c1I. The number of rotatable bonds is 5. The van der Waals surface area contributed by atoms with Crippen molar-refractivity contribution in [1.82, 2.24) is 4.90 Å². The number of halogens is 3. The second-order valence-electron chi connectivity index (χ2n) is 4.72. The fourth-order valence-corrected chi connectivity index (χ4v) is 2.74. The number of nitrogens with zero attached hydrogens (tertiary/aromatic N) is 1. The van der Waals surface area contributed by atoms with Crippen molar-refractivity contribution in [3.05, 3.63) is 31.3 Å². The summed E-state index contributed by atoms with van der Waals surface area (Å²) < 4.78 is 0.567. The molecule has 0 aliphatic rings. The van der Waals surface area contributed by atoms with Gasteiger partial charge in [-0.1, -0.05) is 37.0 Å². The fourth-order valence-electron chi connectivity index (χ4n) is 1.71. The van der Waals surface area contributed by atoms with Crippen molar-refractivity contribution in [3.63, 3.8) is 0 Å². The zero-order valence-corrected chi connectivity index (χ0v) is 14.7. The second kappa shape index (κ2) is 7.47. The van der Waals surface area contributed by atoms with E-state index < -0.39 is 5.97 Å². The van der Waals surface area contributed by atoms with Gasteiger partial charge in [0, 0.05) is 15.1 Å². The molecule has 0 saturated heterocycles. The van der Waals surface area contributed by atoms with Crippen LogP contribution in [0.2, 0.25) is 10.0 Å². The molecule has 0 radical (unpaired) electrons. The monoisotopic (exact) mass is 429 g/mol. The number of carbonyl (C=O) groups excluding carboxylic acids is 1. The molecule has 0 heterocycles. The molecule has 1 aromatic rings. The van der Waals surface area contributed by atoms with Crippen molar-refractivity contribution < 1.29 is 14.7 Å². The maximum Gasteiger partial charge on any atom is 0.323 e. The van der Waals surface area contributed by atoms with Crippen molar-refractivity contribution in [2.24, 2.45) is 5.92 Å². The molecule has 1 amide bonds. The molecule has 0 fully saturated rings. The maximum absolute atomic E-state index is 12.5. The van der Waals surface area contributed by atoms with Gasteiger partial charge in [-0.15, -0.1) is 0 Å². The van der Waals surface area contributed by atoms with Gasteiger partial charge in [0.15, 0.2) is 0 Å². The molecule has 20 heavy (non-hydrogen) atoms. The first kappa shape index (κ1) is 17.5. The van der Waals surface area contributed by atoms with E-state index in [4.69, 9.17) is 28.3 Å². The summed E-state index contributed by atoms with van der Waals surface area (Å²) in [7, 11) is 0. The smallest absolute Gasteiger partial charge is 0.323 e. The normalized spacial score (nSPS) is 10.7. The zero-order valence-electron chi connectivity index (χ0n) is 11.0. The van der Waals surface area contributed by atoms with E-state index in [1.165, 1.54) is 11.0 Å². The van der Waals surface area contributed by atoms with Gasteiger partial charge in [0.25, 0.3) is 5.91 Å². The van der Waals surface area contributed by atoms with Crippen LogP contribution in [0.1, 0.15) is 24.2 Å². The lowest BCUT2D eigenvalue weighted by molar-refractivity contribution is -0.137. The highest BCUT2D eigenvalue weighted by molar-refractivity contribution is 14.1. The summed E-state index contributed by atoms with van der Waals surface area (Å²) >= 11 is 13.9. The van der Waals surface area contributed by atoms with Crippen molar-refractivity contribution in [3.8, 4) is 0 Å². The second-order valence-corrected chi connectivity index (χ2v) is 6.64. The number of carboxylic acids is 1. The van der Waals surface area contributed by atoms with Gasteiger partial charge in [-0.3, -0.25) is 9.59 Å². The van der Waals surface area contributed by atoms with Gasteiger partial charge in [0.05, 0.1) is 10.6 Å². The van der Waals surface area contributed by atoms with Gasteiger partial charge in [-0.25, -0.2) is 0 Å². The van der Waals surface area contributed by atoms with Crippen molar-refractivity contribution in [1.29, 1.82) is 0 Å². The number of benzene rings is 1. The van der Waals surface area contributed by atoms with Gasteiger partial charge in [-0.05, 0) is 40.6 Å². The first-order valence-corrected chi connectivity index (χ1v) is 7.71. The number of hydrogen-bond acceptors (Lipinski definition) is 2. The van der Waals surface area contributed by atoms with E-state index in [0.717, 1.165) is 0 Å². The number of hydrogen-bond donors (Lipinski definition) is 1. The van der Waals surface area contributed by atoms with Gasteiger partial charge >= 0.3 is 5.97 Å². The first-order valence-electron chi connectivity index (χ1n) is 5.88. The average Bonchev–Trinajstić information content (AvgIpc) is 2.30. The molecule has 0 spiro atoms. The van der Waals surface area contributed by atoms with Crippen molar-refractivity contribution in [2.45, 2.75) is 13.8 Å². The van der Waals surface area contributed by atoms with Crippen LogP contribution in [-0.4, -0.2) is 35.0 Å². The molecule has 0 atom stereocenters. The van der Waals surface area contributed by atoms with E-state index >= 15 is 0 Å². The molecule has 0 aromatic heterocycles. The van der Waals surface area contributed by atoms with Crippen LogP contribution >= 0.6 is 45.8 Å². The van der Waals surface area contributed by atoms with Crippen LogP contribution in [0.4, 0.5) is 0 Å². The van der Waals surface area contributed by atoms with E-state index in [2.05, 4.69) is 0 Å². The summed E-state index contributed by atoms with van der Waals surface area (Å²) in [4.78, 5) is 24.7. The first-order chi connectivity index (χ1) is 9.22. The number of amides is 1. The van der Waals surface area contributed by atoms with Gasteiger partial charge < -0.3 is 10.0 Å². The van der Waals surface area contributed by atoms with Gasteiger partial charge in [-0.2, -0.15) is 0 Å². The van der Waals surface area contributed by atoms with Crippen LogP contribution in [0, 0.1) is 9.49 Å². The molecule has 110 valence electrons. The fraction of sp³-hybridized carbons (Fsp3) is 0.385. The largest absolute Gasteiger partial charge is 0.480 e. The highest BCUT2D eigenvalue weighted by Gasteiger charge is 2.23. The minimum atomic E-state index is -1.05. The Balaban J connectivity index is 3.14. The molecule has 4 nitrogen and oxygen atoms in total. The summed E-state index contributed by atoms with van der Waals surface area (Å²) in [6, 6.07) is 3.05. The number of carbonyl (C=O) groups is 2. The Bertz CT molecular complexity index is 535. The zero-order chi connectivity index (χ0) is 15.4. The Morgan fingerprint density at radius 3 is 2.45 bits per heavy atom. The van der Waals surface area contributed by atoms with Crippen molar-refractivity contribution >= 4 is 57.7 Å². The highest BCUT2D eigenvalue weighted by Crippen LogP contribution is 2.27. The third-order valence-electron chi connectivity index (χ3n) is 2.42. The van der Waals surface area contributed by atoms with E-state index in [-0.39, 0.29) is 18.4 Å². The Labute approximate surface area is 141 Å². The Kier molecular flexibility index (Phi) is 6.54. The molecule has 1 aromatic carbocycles. The lowest BCUT2D eigenvalue weighted by Gasteiger charge is -2.23. The lowest BCUT2D eigenvalue weighted by Crippen LogP contribution is -2.38. The summed E-state index contributed by atoms with van der Waals surface area (Å²) in [5.74, 6) is -1.28. The van der Waals surface area contributed by atoms with E-state index in [0.29, 0.717) is 25.7 Å². The standard InChI is InChI=1S/C13H14Cl2INO3/c1-7(2)5-17(6-11(18)19)13(20)9-3-8(14)4-10(15)12(9)16/h3-4,7H,5-6H2,1-2H3,(H,18,19). The summed E-state index contributed by atoms with van der Waals surface area (Å²) in [6.45, 7) is 3.83. The van der Waals surface area contributed by atoms with E-state index in [9.17, 15) is 9.59 Å². The Morgan fingerprint density at radius 1 is 1.35 bits per heavy atom. The molecular formula is C13H14Cl2INO3. The van der Waals surface area contributed by atoms with E-state index in [1.54, 1.807) is 6.07 Å². The predicted molar refractivity (Wildman–Crippen MR) is 87.6 cm³/mol. The summed E-state index contributed by atoms with van der Waals surface area (Å²) in [5, 5.41) is 9.65. The van der Waals surface area contributed by atoms with E-state index in [1.807, 2.05) is 36.4 Å². The molecule has 0 saturated carbocycles. The maximum atomic E-state index is 12.5. The van der Waals surface area contributed by atoms with Crippen LogP contribution < -0.4 is 0 Å². The molecular weight excluding hydrogens is 416 g/mol. The Morgan fingerprint density at radius 2 is 1.95 bits per heavy atom. The van der Waals surface area contributed by atoms with Crippen LogP contribution in [0.5, 0.6) is 0 Å². The molecule has 0 aliphatic heterocycles. The third kappa shape index (κ3) is 4.79. The Hall–Kier alpha value is -0.530. The summed E-state index contributed by atoms with van der Waals surface area (Å²) in [5.41, 5.74) is 0.324. The molecule has 0 bridgehead atoms. The highest BCUT2D eigenvalue weighted by atomic mass is 127. The molecule has 1 N–H and O–H groups in total. The topological polar surface area (TPSA) is 57.6 Å². The molecule has 0 aliphatic carbocycles. The average molecular weight is 430 g/mol. The minimum Gasteiger partial charge on any atom is -0.480 e. The van der Waals surface area contributed by atoms with Gasteiger partial charge in [0.1, 0.15) is 6.54 Å². The number of carboxylic acid groups (broad SMARTS) is 1. The molecule has 7 heteroatoms.